The Kier molecular flexibility index (Phi) is 5.97. The average molecular weight is 274 g/mol. The van der Waals surface area contributed by atoms with E-state index in [1.807, 2.05) is 51.1 Å². The lowest BCUT2D eigenvalue weighted by Crippen LogP contribution is -2.39. The molecule has 0 aliphatic heterocycles. The summed E-state index contributed by atoms with van der Waals surface area (Å²) in [5.41, 5.74) is 0.570. The Morgan fingerprint density at radius 2 is 1.65 bits per heavy atom. The molecule has 0 bridgehead atoms. The first kappa shape index (κ1) is 16.0. The van der Waals surface area contributed by atoms with Crippen molar-refractivity contribution in [2.45, 2.75) is 20.8 Å². The van der Waals surface area contributed by atoms with E-state index in [4.69, 9.17) is 0 Å². The Bertz CT molecular complexity index is 473. The first-order chi connectivity index (χ1) is 9.39. The molecule has 2 amide bonds. The molecule has 0 aliphatic rings. The molecule has 4 nitrogen and oxygen atoms in total. The number of amides is 2. The highest BCUT2D eigenvalue weighted by atomic mass is 16.2. The van der Waals surface area contributed by atoms with Crippen molar-refractivity contribution >= 4 is 17.9 Å². The molecule has 4 heteroatoms. The van der Waals surface area contributed by atoms with Gasteiger partial charge in [-0.1, -0.05) is 51.1 Å². The molecule has 0 unspecified atom stereocenters. The lowest BCUT2D eigenvalue weighted by Gasteiger charge is -2.17. The van der Waals surface area contributed by atoms with Crippen LogP contribution < -0.4 is 10.6 Å². The summed E-state index contributed by atoms with van der Waals surface area (Å²) in [5, 5.41) is 5.49. The maximum Gasteiger partial charge on any atom is 0.244 e. The summed E-state index contributed by atoms with van der Waals surface area (Å²) in [4.78, 5) is 23.1. The second kappa shape index (κ2) is 7.48. The largest absolute Gasteiger partial charge is 0.354 e. The van der Waals surface area contributed by atoms with Gasteiger partial charge in [0, 0.05) is 24.6 Å². The number of hydrogen-bond donors (Lipinski definition) is 2. The highest BCUT2D eigenvalue weighted by Crippen LogP contribution is 2.11. The molecule has 20 heavy (non-hydrogen) atoms. The average Bonchev–Trinajstić information content (AvgIpc) is 2.41. The molecule has 0 saturated heterocycles. The van der Waals surface area contributed by atoms with Crippen LogP contribution in [0.25, 0.3) is 6.08 Å². The van der Waals surface area contributed by atoms with E-state index < -0.39 is 5.41 Å². The first-order valence-electron chi connectivity index (χ1n) is 6.69. The van der Waals surface area contributed by atoms with E-state index in [9.17, 15) is 9.59 Å². The van der Waals surface area contributed by atoms with Crippen LogP contribution in [-0.4, -0.2) is 24.9 Å². The summed E-state index contributed by atoms with van der Waals surface area (Å²) < 4.78 is 0. The van der Waals surface area contributed by atoms with Crippen LogP contribution in [0.2, 0.25) is 0 Å². The second-order valence-electron chi connectivity index (χ2n) is 5.54. The molecule has 0 aromatic heterocycles. The standard InChI is InChI=1S/C16H22N2O2/c1-16(2,3)15(20)18-12-11-17-14(19)10-9-13-7-5-4-6-8-13/h4-10H,11-12H2,1-3H3,(H,17,19)(H,18,20)/b10-9+. The van der Waals surface area contributed by atoms with Gasteiger partial charge in [-0.05, 0) is 11.6 Å². The van der Waals surface area contributed by atoms with Crippen LogP contribution in [0.1, 0.15) is 26.3 Å². The Morgan fingerprint density at radius 1 is 1.05 bits per heavy atom. The zero-order chi connectivity index (χ0) is 15.0. The molecular weight excluding hydrogens is 252 g/mol. The van der Waals surface area contributed by atoms with Crippen molar-refractivity contribution in [2.24, 2.45) is 5.41 Å². The number of carbonyl (C=O) groups is 2. The Hall–Kier alpha value is -2.10. The van der Waals surface area contributed by atoms with Gasteiger partial charge >= 0.3 is 0 Å². The van der Waals surface area contributed by atoms with Gasteiger partial charge < -0.3 is 10.6 Å². The van der Waals surface area contributed by atoms with Crippen molar-refractivity contribution in [1.29, 1.82) is 0 Å². The third-order valence-electron chi connectivity index (χ3n) is 2.62. The van der Waals surface area contributed by atoms with E-state index in [1.54, 1.807) is 6.08 Å². The van der Waals surface area contributed by atoms with E-state index in [0.29, 0.717) is 13.1 Å². The number of rotatable bonds is 5. The lowest BCUT2D eigenvalue weighted by atomic mass is 9.96. The van der Waals surface area contributed by atoms with Crippen molar-refractivity contribution < 1.29 is 9.59 Å². The third-order valence-corrected chi connectivity index (χ3v) is 2.62. The van der Waals surface area contributed by atoms with Crippen LogP contribution in [0, 0.1) is 5.41 Å². The number of benzene rings is 1. The molecule has 108 valence electrons. The van der Waals surface area contributed by atoms with Gasteiger partial charge in [-0.2, -0.15) is 0 Å². The summed E-state index contributed by atoms with van der Waals surface area (Å²) in [6, 6.07) is 9.61. The molecule has 2 N–H and O–H groups in total. The zero-order valence-corrected chi connectivity index (χ0v) is 12.3. The predicted molar refractivity (Wildman–Crippen MR) is 81.0 cm³/mol. The van der Waals surface area contributed by atoms with Gasteiger partial charge in [-0.25, -0.2) is 0 Å². The van der Waals surface area contributed by atoms with Crippen molar-refractivity contribution in [1.82, 2.24) is 10.6 Å². The van der Waals surface area contributed by atoms with Crippen LogP contribution in [0.3, 0.4) is 0 Å². The van der Waals surface area contributed by atoms with Gasteiger partial charge in [-0.15, -0.1) is 0 Å². The van der Waals surface area contributed by atoms with Crippen molar-refractivity contribution in [3.8, 4) is 0 Å². The van der Waals surface area contributed by atoms with Crippen LogP contribution in [0.15, 0.2) is 36.4 Å². The Morgan fingerprint density at radius 3 is 2.25 bits per heavy atom. The van der Waals surface area contributed by atoms with Gasteiger partial charge in [0.2, 0.25) is 11.8 Å². The minimum Gasteiger partial charge on any atom is -0.354 e. The molecule has 0 aliphatic carbocycles. The van der Waals surface area contributed by atoms with Crippen LogP contribution in [-0.2, 0) is 9.59 Å². The molecule has 0 fully saturated rings. The van der Waals surface area contributed by atoms with E-state index in [0.717, 1.165) is 5.56 Å². The highest BCUT2D eigenvalue weighted by Gasteiger charge is 2.20. The predicted octanol–water partition coefficient (Wildman–Crippen LogP) is 1.98. The molecule has 0 saturated carbocycles. The van der Waals surface area contributed by atoms with Crippen LogP contribution in [0.4, 0.5) is 0 Å². The van der Waals surface area contributed by atoms with Crippen molar-refractivity contribution in [3.05, 3.63) is 42.0 Å². The second-order valence-corrected chi connectivity index (χ2v) is 5.54. The maximum absolute atomic E-state index is 11.6. The maximum atomic E-state index is 11.6. The van der Waals surface area contributed by atoms with Gasteiger partial charge in [-0.3, -0.25) is 9.59 Å². The quantitative estimate of drug-likeness (QED) is 0.637. The van der Waals surface area contributed by atoms with E-state index in [2.05, 4.69) is 10.6 Å². The molecule has 0 spiro atoms. The SMILES string of the molecule is CC(C)(C)C(=O)NCCNC(=O)/C=C/c1ccccc1. The smallest absolute Gasteiger partial charge is 0.244 e. The fourth-order valence-corrected chi connectivity index (χ4v) is 1.42. The van der Waals surface area contributed by atoms with E-state index in [1.165, 1.54) is 6.08 Å². The van der Waals surface area contributed by atoms with E-state index in [-0.39, 0.29) is 11.8 Å². The zero-order valence-electron chi connectivity index (χ0n) is 12.3. The number of carbonyl (C=O) groups excluding carboxylic acids is 2. The number of nitrogens with one attached hydrogen (secondary N) is 2. The van der Waals surface area contributed by atoms with Crippen molar-refractivity contribution in [3.63, 3.8) is 0 Å². The fourth-order valence-electron chi connectivity index (χ4n) is 1.42. The summed E-state index contributed by atoms with van der Waals surface area (Å²) in [6.45, 7) is 6.40. The highest BCUT2D eigenvalue weighted by molar-refractivity contribution is 5.91. The normalized spacial score (nSPS) is 11.3. The van der Waals surface area contributed by atoms with Gasteiger partial charge in [0.1, 0.15) is 0 Å². The van der Waals surface area contributed by atoms with Gasteiger partial charge in [0.25, 0.3) is 0 Å². The third kappa shape index (κ3) is 6.18. The Labute approximate surface area is 120 Å². The first-order valence-corrected chi connectivity index (χ1v) is 6.69. The van der Waals surface area contributed by atoms with Gasteiger partial charge in [0.05, 0.1) is 0 Å². The monoisotopic (exact) mass is 274 g/mol. The molecule has 1 aromatic rings. The van der Waals surface area contributed by atoms with Crippen LogP contribution >= 0.6 is 0 Å². The molecule has 0 radical (unpaired) electrons. The Balaban J connectivity index is 2.24. The molecule has 1 aromatic carbocycles. The van der Waals surface area contributed by atoms with Gasteiger partial charge in [0.15, 0.2) is 0 Å². The summed E-state index contributed by atoms with van der Waals surface area (Å²) in [5.74, 6) is -0.189. The minimum atomic E-state index is -0.406. The lowest BCUT2D eigenvalue weighted by molar-refractivity contribution is -0.128. The fraction of sp³-hybridized carbons (Fsp3) is 0.375. The summed E-state index contributed by atoms with van der Waals surface area (Å²) in [6.07, 6.45) is 3.24. The molecule has 0 heterocycles. The topological polar surface area (TPSA) is 58.2 Å². The molecular formula is C16H22N2O2. The summed E-state index contributed by atoms with van der Waals surface area (Å²) >= 11 is 0. The molecule has 0 atom stereocenters. The summed E-state index contributed by atoms with van der Waals surface area (Å²) in [7, 11) is 0. The minimum absolute atomic E-state index is 0.0217. The van der Waals surface area contributed by atoms with Crippen molar-refractivity contribution in [2.75, 3.05) is 13.1 Å². The van der Waals surface area contributed by atoms with E-state index >= 15 is 0 Å². The van der Waals surface area contributed by atoms with Crippen LogP contribution in [0.5, 0.6) is 0 Å². The number of hydrogen-bond acceptors (Lipinski definition) is 2. The molecule has 1 rings (SSSR count).